The van der Waals surface area contributed by atoms with E-state index in [1.807, 2.05) is 0 Å². The van der Waals surface area contributed by atoms with Crippen LogP contribution in [-0.4, -0.2) is 27.1 Å². The molecule has 0 bridgehead atoms. The lowest BCUT2D eigenvalue weighted by Crippen LogP contribution is -1.97. The molecule has 114 valence electrons. The summed E-state index contributed by atoms with van der Waals surface area (Å²) in [5.74, 6) is -2.07. The zero-order valence-corrected chi connectivity index (χ0v) is 12.6. The topological polar surface area (TPSA) is 118 Å². The van der Waals surface area contributed by atoms with E-state index in [9.17, 15) is 19.7 Å². The van der Waals surface area contributed by atoms with E-state index in [0.717, 1.165) is 10.5 Å². The highest BCUT2D eigenvalue weighted by atomic mass is 79.9. The minimum Gasteiger partial charge on any atom is -0.478 e. The van der Waals surface area contributed by atoms with E-state index >= 15 is 0 Å². The van der Waals surface area contributed by atoms with Crippen LogP contribution >= 0.6 is 15.9 Å². The summed E-state index contributed by atoms with van der Waals surface area (Å²) in [5.41, 5.74) is 0.00785. The Hall–Kier alpha value is -2.74. The molecular weight excluding hydrogens is 358 g/mol. The molecule has 0 heterocycles. The van der Waals surface area contributed by atoms with Gasteiger partial charge in [-0.1, -0.05) is 28.1 Å². The SMILES string of the molecule is O=C(O)c1cccc(Br)c1.O=C(O)c1cccc([N+](=O)[O-])c1. The van der Waals surface area contributed by atoms with Crippen LogP contribution in [0.2, 0.25) is 0 Å². The Morgan fingerprint density at radius 3 is 1.86 bits per heavy atom. The van der Waals surface area contributed by atoms with Crippen molar-refractivity contribution in [3.63, 3.8) is 0 Å². The van der Waals surface area contributed by atoms with Crippen LogP contribution in [-0.2, 0) is 0 Å². The van der Waals surface area contributed by atoms with Crippen LogP contribution in [0, 0.1) is 10.1 Å². The van der Waals surface area contributed by atoms with Crippen molar-refractivity contribution < 1.29 is 24.7 Å². The molecule has 0 amide bonds. The van der Waals surface area contributed by atoms with Crippen molar-refractivity contribution in [1.82, 2.24) is 0 Å². The van der Waals surface area contributed by atoms with Crippen molar-refractivity contribution in [2.24, 2.45) is 0 Å². The summed E-state index contributed by atoms with van der Waals surface area (Å²) in [6.07, 6.45) is 0. The molecule has 0 aromatic heterocycles. The van der Waals surface area contributed by atoms with Gasteiger partial charge in [-0.15, -0.1) is 0 Å². The number of aromatic carboxylic acids is 2. The van der Waals surface area contributed by atoms with Crippen molar-refractivity contribution >= 4 is 33.6 Å². The molecule has 2 aromatic carbocycles. The first-order valence-corrected chi connectivity index (χ1v) is 6.57. The van der Waals surface area contributed by atoms with Gasteiger partial charge in [0.25, 0.3) is 5.69 Å². The third-order valence-electron chi connectivity index (χ3n) is 2.38. The number of carbonyl (C=O) groups is 2. The maximum atomic E-state index is 10.4. The second-order valence-electron chi connectivity index (χ2n) is 3.93. The van der Waals surface area contributed by atoms with Crippen LogP contribution < -0.4 is 0 Å². The van der Waals surface area contributed by atoms with E-state index in [4.69, 9.17) is 10.2 Å². The summed E-state index contributed by atoms with van der Waals surface area (Å²) in [6, 6.07) is 11.5. The van der Waals surface area contributed by atoms with E-state index in [1.165, 1.54) is 18.2 Å². The number of benzene rings is 2. The van der Waals surface area contributed by atoms with E-state index < -0.39 is 16.9 Å². The number of nitro groups is 1. The van der Waals surface area contributed by atoms with Crippen LogP contribution in [0.5, 0.6) is 0 Å². The monoisotopic (exact) mass is 367 g/mol. The van der Waals surface area contributed by atoms with Gasteiger partial charge < -0.3 is 10.2 Å². The van der Waals surface area contributed by atoms with Crippen molar-refractivity contribution in [3.8, 4) is 0 Å². The average Bonchev–Trinajstić information content (AvgIpc) is 2.48. The average molecular weight is 368 g/mol. The van der Waals surface area contributed by atoms with Gasteiger partial charge in [0.15, 0.2) is 0 Å². The highest BCUT2D eigenvalue weighted by molar-refractivity contribution is 9.10. The number of hydrogen-bond donors (Lipinski definition) is 2. The predicted molar refractivity (Wildman–Crippen MR) is 81.2 cm³/mol. The van der Waals surface area contributed by atoms with Gasteiger partial charge in [-0.3, -0.25) is 10.1 Å². The van der Waals surface area contributed by atoms with E-state index in [-0.39, 0.29) is 11.3 Å². The second kappa shape index (κ2) is 7.89. The Kier molecular flexibility index (Phi) is 6.21. The lowest BCUT2D eigenvalue weighted by Gasteiger charge is -1.92. The molecule has 0 aliphatic heterocycles. The zero-order valence-electron chi connectivity index (χ0n) is 11.0. The van der Waals surface area contributed by atoms with Gasteiger partial charge in [-0.05, 0) is 24.3 Å². The first-order valence-electron chi connectivity index (χ1n) is 5.78. The highest BCUT2D eigenvalue weighted by Crippen LogP contribution is 2.12. The van der Waals surface area contributed by atoms with Gasteiger partial charge in [0.1, 0.15) is 0 Å². The van der Waals surface area contributed by atoms with Gasteiger partial charge in [0.05, 0.1) is 16.1 Å². The molecule has 0 spiro atoms. The van der Waals surface area contributed by atoms with Crippen molar-refractivity contribution in [3.05, 3.63) is 74.2 Å². The lowest BCUT2D eigenvalue weighted by atomic mass is 10.2. The maximum Gasteiger partial charge on any atom is 0.335 e. The lowest BCUT2D eigenvalue weighted by molar-refractivity contribution is -0.384. The fraction of sp³-hybridized carbons (Fsp3) is 0. The number of non-ortho nitro benzene ring substituents is 1. The van der Waals surface area contributed by atoms with Crippen molar-refractivity contribution in [2.45, 2.75) is 0 Å². The zero-order chi connectivity index (χ0) is 16.7. The minimum absolute atomic E-state index is 0.0794. The minimum atomic E-state index is -1.17. The Balaban J connectivity index is 0.000000224. The first-order chi connectivity index (χ1) is 10.3. The molecule has 0 aliphatic rings. The number of rotatable bonds is 3. The third kappa shape index (κ3) is 5.33. The summed E-state index contributed by atoms with van der Waals surface area (Å²) in [6.45, 7) is 0. The maximum absolute atomic E-state index is 10.4. The molecule has 0 fully saturated rings. The number of hydrogen-bond acceptors (Lipinski definition) is 4. The molecule has 2 aromatic rings. The van der Waals surface area contributed by atoms with Crippen LogP contribution in [0.4, 0.5) is 5.69 Å². The van der Waals surface area contributed by atoms with Gasteiger partial charge in [0.2, 0.25) is 0 Å². The Morgan fingerprint density at radius 2 is 1.45 bits per heavy atom. The molecule has 22 heavy (non-hydrogen) atoms. The number of nitrogens with zero attached hydrogens (tertiary/aromatic N) is 1. The van der Waals surface area contributed by atoms with Crippen LogP contribution in [0.1, 0.15) is 20.7 Å². The predicted octanol–water partition coefficient (Wildman–Crippen LogP) is 3.44. The molecule has 0 saturated heterocycles. The summed E-state index contributed by atoms with van der Waals surface area (Å²) in [4.78, 5) is 30.2. The van der Waals surface area contributed by atoms with Gasteiger partial charge >= 0.3 is 11.9 Å². The Morgan fingerprint density at radius 1 is 0.955 bits per heavy atom. The summed E-state index contributed by atoms with van der Waals surface area (Å²) in [7, 11) is 0. The van der Waals surface area contributed by atoms with Crippen LogP contribution in [0.25, 0.3) is 0 Å². The molecule has 0 radical (unpaired) electrons. The highest BCUT2D eigenvalue weighted by Gasteiger charge is 2.09. The fourth-order valence-corrected chi connectivity index (χ4v) is 1.77. The largest absolute Gasteiger partial charge is 0.478 e. The molecule has 0 saturated carbocycles. The first kappa shape index (κ1) is 17.3. The third-order valence-corrected chi connectivity index (χ3v) is 2.87. The molecule has 0 aliphatic carbocycles. The summed E-state index contributed by atoms with van der Waals surface area (Å²) in [5, 5.41) is 27.1. The number of carboxylic acid groups (broad SMARTS) is 2. The smallest absolute Gasteiger partial charge is 0.335 e. The van der Waals surface area contributed by atoms with Crippen molar-refractivity contribution in [2.75, 3.05) is 0 Å². The van der Waals surface area contributed by atoms with Crippen LogP contribution in [0.15, 0.2) is 53.0 Å². The molecule has 2 N–H and O–H groups in total. The standard InChI is InChI=1S/C7H5BrO2.C7H5NO4/c8-6-3-1-2-5(4-6)7(9)10;9-7(10)5-2-1-3-6(4-5)8(11)12/h1-4H,(H,9,10);1-4H,(H,9,10). The summed E-state index contributed by atoms with van der Waals surface area (Å²) < 4.78 is 0.785. The molecule has 8 heteroatoms. The molecular formula is C14H10BrNO6. The van der Waals surface area contributed by atoms with Gasteiger partial charge in [0, 0.05) is 16.6 Å². The Bertz CT molecular complexity index is 687. The fourth-order valence-electron chi connectivity index (χ4n) is 1.37. The summed E-state index contributed by atoms with van der Waals surface area (Å²) >= 11 is 3.17. The molecule has 2 rings (SSSR count). The second-order valence-corrected chi connectivity index (χ2v) is 4.84. The molecule has 7 nitrogen and oxygen atoms in total. The number of carboxylic acids is 2. The Labute approximate surface area is 133 Å². The number of halogens is 1. The number of nitro benzene ring substituents is 1. The molecule has 0 atom stereocenters. The normalized spacial score (nSPS) is 9.32. The van der Waals surface area contributed by atoms with Crippen molar-refractivity contribution in [1.29, 1.82) is 0 Å². The van der Waals surface area contributed by atoms with E-state index in [0.29, 0.717) is 5.56 Å². The van der Waals surface area contributed by atoms with Crippen LogP contribution in [0.3, 0.4) is 0 Å². The van der Waals surface area contributed by atoms with Gasteiger partial charge in [-0.2, -0.15) is 0 Å². The molecule has 0 unspecified atom stereocenters. The van der Waals surface area contributed by atoms with Gasteiger partial charge in [-0.25, -0.2) is 9.59 Å². The van der Waals surface area contributed by atoms with E-state index in [1.54, 1.807) is 24.3 Å². The quantitative estimate of drug-likeness (QED) is 0.633. The van der Waals surface area contributed by atoms with E-state index in [2.05, 4.69) is 15.9 Å².